The number of amidine groups is 2. The fourth-order valence-corrected chi connectivity index (χ4v) is 6.55. The van der Waals surface area contributed by atoms with Crippen LogP contribution in [0, 0.1) is 11.3 Å². The van der Waals surface area contributed by atoms with Crippen LogP contribution < -0.4 is 5.73 Å². The minimum absolute atomic E-state index is 0.190. The van der Waals surface area contributed by atoms with Crippen LogP contribution in [-0.2, 0) is 12.0 Å². The zero-order chi connectivity index (χ0) is 32.4. The van der Waals surface area contributed by atoms with Gasteiger partial charge in [-0.05, 0) is 56.6 Å². The predicted molar refractivity (Wildman–Crippen MR) is 193 cm³/mol. The van der Waals surface area contributed by atoms with E-state index in [0.29, 0.717) is 18.2 Å². The number of hydrogen-bond acceptors (Lipinski definition) is 2. The monoisotopic (exact) mass is 606 g/mol. The summed E-state index contributed by atoms with van der Waals surface area (Å²) in [4.78, 5) is 9.87. The quantitative estimate of drug-likeness (QED) is 0.151. The average molecular weight is 607 g/mol. The van der Waals surface area contributed by atoms with Gasteiger partial charge in [0, 0.05) is 22.1 Å². The third-order valence-electron chi connectivity index (χ3n) is 9.07. The molecule has 47 heavy (non-hydrogen) atoms. The second kappa shape index (κ2) is 12.4. The zero-order valence-corrected chi connectivity index (χ0v) is 26.5. The van der Waals surface area contributed by atoms with Crippen LogP contribution in [0.2, 0.25) is 0 Å². The Morgan fingerprint density at radius 3 is 2.06 bits per heavy atom. The molecule has 4 heteroatoms. The molecule has 0 saturated heterocycles. The topological polar surface area (TPSA) is 74.5 Å². The third kappa shape index (κ3) is 5.65. The maximum absolute atomic E-state index is 9.81. The molecule has 0 atom stereocenters. The van der Waals surface area contributed by atoms with Gasteiger partial charge in [0.05, 0.1) is 18.2 Å². The summed E-state index contributed by atoms with van der Waals surface area (Å²) in [6, 6.07) is 51.9. The van der Waals surface area contributed by atoms with Crippen LogP contribution in [0.3, 0.4) is 0 Å². The first-order chi connectivity index (χ1) is 22.9. The molecular formula is C43H34N4. The van der Waals surface area contributed by atoms with Crippen LogP contribution in [0.1, 0.15) is 47.2 Å². The van der Waals surface area contributed by atoms with E-state index in [0.717, 1.165) is 55.6 Å². The summed E-state index contributed by atoms with van der Waals surface area (Å²) in [7, 11) is 0. The van der Waals surface area contributed by atoms with Crippen molar-refractivity contribution in [2.24, 2.45) is 15.7 Å². The molecular weight excluding hydrogens is 573 g/mol. The first-order valence-corrected chi connectivity index (χ1v) is 15.8. The molecule has 2 N–H and O–H groups in total. The van der Waals surface area contributed by atoms with E-state index in [4.69, 9.17) is 15.7 Å². The van der Waals surface area contributed by atoms with Crippen molar-refractivity contribution in [3.8, 4) is 39.4 Å². The van der Waals surface area contributed by atoms with E-state index in [1.807, 2.05) is 72.8 Å². The molecule has 0 heterocycles. The van der Waals surface area contributed by atoms with Crippen molar-refractivity contribution >= 4 is 11.7 Å². The molecule has 6 aromatic carbocycles. The highest BCUT2D eigenvalue weighted by Gasteiger charge is 2.36. The molecule has 1 aliphatic carbocycles. The third-order valence-corrected chi connectivity index (χ3v) is 9.07. The average Bonchev–Trinajstić information content (AvgIpc) is 3.36. The Bertz CT molecular complexity index is 2190. The molecule has 0 spiro atoms. The van der Waals surface area contributed by atoms with Gasteiger partial charge in [-0.15, -0.1) is 0 Å². The van der Waals surface area contributed by atoms with Gasteiger partial charge in [-0.1, -0.05) is 147 Å². The van der Waals surface area contributed by atoms with Crippen LogP contribution in [0.15, 0.2) is 156 Å². The molecule has 0 radical (unpaired) electrons. The standard InChI is InChI=1S/C43H34N4/c1-43(2)38-19-11-16-34(27-44)40(38)37-25-24-33(26-39(37)43)30-20-22-31(23-21-30)35-17-9-10-18-36(35)42(46-28-29-12-5-3-6-13-29)47-41(45)32-14-7-4-8-15-32/h3-26H,28H2,1-2H3,(H2,45,46,47). The lowest BCUT2D eigenvalue weighted by molar-refractivity contribution is 0.660. The minimum Gasteiger partial charge on any atom is -0.383 e. The molecule has 4 nitrogen and oxygen atoms in total. The largest absolute Gasteiger partial charge is 0.383 e. The van der Waals surface area contributed by atoms with E-state index in [1.54, 1.807) is 0 Å². The van der Waals surface area contributed by atoms with Crippen LogP contribution in [0.4, 0.5) is 0 Å². The van der Waals surface area contributed by atoms with Crippen molar-refractivity contribution < 1.29 is 0 Å². The Kier molecular flexibility index (Phi) is 7.81. The minimum atomic E-state index is -0.190. The molecule has 0 bridgehead atoms. The fourth-order valence-electron chi connectivity index (χ4n) is 6.55. The number of fused-ring (bicyclic) bond motifs is 3. The lowest BCUT2D eigenvalue weighted by Crippen LogP contribution is -2.16. The van der Waals surface area contributed by atoms with Crippen LogP contribution in [0.25, 0.3) is 33.4 Å². The number of hydrogen-bond donors (Lipinski definition) is 1. The van der Waals surface area contributed by atoms with Gasteiger partial charge < -0.3 is 5.73 Å². The Hall–Kier alpha value is -6.05. The van der Waals surface area contributed by atoms with Gasteiger partial charge >= 0.3 is 0 Å². The maximum atomic E-state index is 9.81. The molecule has 0 aromatic heterocycles. The molecule has 0 unspecified atom stereocenters. The van der Waals surface area contributed by atoms with Crippen molar-refractivity contribution in [2.75, 3.05) is 0 Å². The van der Waals surface area contributed by atoms with Crippen LogP contribution in [-0.4, -0.2) is 11.7 Å². The van der Waals surface area contributed by atoms with Gasteiger partial charge in [0.25, 0.3) is 0 Å². The van der Waals surface area contributed by atoms with Crippen molar-refractivity contribution in [3.05, 3.63) is 179 Å². The predicted octanol–water partition coefficient (Wildman–Crippen LogP) is 9.55. The second-order valence-electron chi connectivity index (χ2n) is 12.3. The number of nitriles is 1. The van der Waals surface area contributed by atoms with E-state index in [-0.39, 0.29) is 5.41 Å². The molecule has 6 aromatic rings. The number of nitrogens with two attached hydrogens (primary N) is 1. The highest BCUT2D eigenvalue weighted by Crippen LogP contribution is 2.50. The van der Waals surface area contributed by atoms with Gasteiger partial charge in [-0.25, -0.2) is 4.99 Å². The zero-order valence-electron chi connectivity index (χ0n) is 26.5. The maximum Gasteiger partial charge on any atom is 0.157 e. The number of nitrogens with zero attached hydrogens (tertiary/aromatic N) is 3. The Balaban J connectivity index is 1.25. The van der Waals surface area contributed by atoms with E-state index in [9.17, 15) is 5.26 Å². The normalized spacial score (nSPS) is 13.5. The Morgan fingerprint density at radius 1 is 0.660 bits per heavy atom. The summed E-state index contributed by atoms with van der Waals surface area (Å²) in [6.07, 6.45) is 0. The van der Waals surface area contributed by atoms with Gasteiger partial charge in [0.1, 0.15) is 5.84 Å². The Morgan fingerprint density at radius 2 is 1.32 bits per heavy atom. The molecule has 0 aliphatic heterocycles. The Labute approximate surface area is 276 Å². The summed E-state index contributed by atoms with van der Waals surface area (Å²) in [5.41, 5.74) is 19.0. The lowest BCUT2D eigenvalue weighted by atomic mass is 9.81. The molecule has 0 saturated carbocycles. The van der Waals surface area contributed by atoms with Crippen LogP contribution in [0.5, 0.6) is 0 Å². The molecule has 1 aliphatic rings. The van der Waals surface area contributed by atoms with Crippen molar-refractivity contribution in [2.45, 2.75) is 25.8 Å². The number of aliphatic imine (C=N–C) groups is 2. The molecule has 0 amide bonds. The van der Waals surface area contributed by atoms with E-state index in [2.05, 4.69) is 92.7 Å². The molecule has 7 rings (SSSR count). The summed E-state index contributed by atoms with van der Waals surface area (Å²) < 4.78 is 0. The van der Waals surface area contributed by atoms with Gasteiger partial charge in [-0.3, -0.25) is 4.99 Å². The van der Waals surface area contributed by atoms with Gasteiger partial charge in [0.15, 0.2) is 5.84 Å². The van der Waals surface area contributed by atoms with Crippen molar-refractivity contribution in [1.29, 1.82) is 5.26 Å². The first-order valence-electron chi connectivity index (χ1n) is 15.8. The van der Waals surface area contributed by atoms with Crippen molar-refractivity contribution in [3.63, 3.8) is 0 Å². The number of benzene rings is 6. The van der Waals surface area contributed by atoms with E-state index in [1.165, 1.54) is 11.1 Å². The smallest absolute Gasteiger partial charge is 0.157 e. The summed E-state index contributed by atoms with van der Waals surface area (Å²) in [6.45, 7) is 4.97. The molecule has 226 valence electrons. The van der Waals surface area contributed by atoms with Crippen LogP contribution >= 0.6 is 0 Å². The van der Waals surface area contributed by atoms with Gasteiger partial charge in [-0.2, -0.15) is 5.26 Å². The highest BCUT2D eigenvalue weighted by atomic mass is 15.0. The first kappa shape index (κ1) is 29.6. The number of rotatable bonds is 6. The SMILES string of the molecule is CC1(C)c2cc(-c3ccc(-c4ccccc4C(/N=C(\N)c4ccccc4)=N/Cc4ccccc4)cc3)ccc2-c2c(C#N)cccc21. The lowest BCUT2D eigenvalue weighted by Gasteiger charge is -2.22. The highest BCUT2D eigenvalue weighted by molar-refractivity contribution is 6.13. The van der Waals surface area contributed by atoms with E-state index < -0.39 is 0 Å². The summed E-state index contributed by atoms with van der Waals surface area (Å²) >= 11 is 0. The summed E-state index contributed by atoms with van der Waals surface area (Å²) in [5, 5.41) is 9.81. The summed E-state index contributed by atoms with van der Waals surface area (Å²) in [5.74, 6) is 1.01. The second-order valence-corrected chi connectivity index (χ2v) is 12.3. The fraction of sp³-hybridized carbons (Fsp3) is 0.0930. The van der Waals surface area contributed by atoms with Crippen molar-refractivity contribution in [1.82, 2.24) is 0 Å². The molecule has 0 fully saturated rings. The van der Waals surface area contributed by atoms with Gasteiger partial charge in [0.2, 0.25) is 0 Å². The van der Waals surface area contributed by atoms with E-state index >= 15 is 0 Å².